The van der Waals surface area contributed by atoms with Crippen molar-refractivity contribution in [1.82, 2.24) is 10.1 Å². The Morgan fingerprint density at radius 1 is 1.32 bits per heavy atom. The molecule has 4 nitrogen and oxygen atoms in total. The minimum atomic E-state index is -4.34. The lowest BCUT2D eigenvalue weighted by molar-refractivity contribution is -0.137. The van der Waals surface area contributed by atoms with Gasteiger partial charge in [-0.15, -0.1) is 0 Å². The Morgan fingerprint density at radius 3 is 2.68 bits per heavy atom. The number of nitrogens with zero attached hydrogens (tertiary/aromatic N) is 2. The van der Waals surface area contributed by atoms with E-state index in [0.717, 1.165) is 12.1 Å². The molecule has 0 aliphatic heterocycles. The average Bonchev–Trinajstić information content (AvgIpc) is 2.83. The highest BCUT2D eigenvalue weighted by Crippen LogP contribution is 2.33. The monoisotopic (exact) mass is 335 g/mol. The van der Waals surface area contributed by atoms with Crippen molar-refractivity contribution in [3.05, 3.63) is 40.5 Å². The lowest BCUT2D eigenvalue weighted by Crippen LogP contribution is -2.08. The Kier molecular flexibility index (Phi) is 4.08. The van der Waals surface area contributed by atoms with Gasteiger partial charge in [0.2, 0.25) is 6.39 Å². The van der Waals surface area contributed by atoms with Gasteiger partial charge in [0.15, 0.2) is 5.82 Å². The summed E-state index contributed by atoms with van der Waals surface area (Å²) in [6, 6.07) is 3.45. The quantitative estimate of drug-likeness (QED) is 0.928. The second kappa shape index (κ2) is 5.60. The zero-order chi connectivity index (χ0) is 13.9. The van der Waals surface area contributed by atoms with Crippen LogP contribution in [0.5, 0.6) is 0 Å². The van der Waals surface area contributed by atoms with Gasteiger partial charge in [0.1, 0.15) is 0 Å². The third kappa shape index (κ3) is 3.69. The zero-order valence-electron chi connectivity index (χ0n) is 9.54. The van der Waals surface area contributed by atoms with Gasteiger partial charge < -0.3 is 9.84 Å². The van der Waals surface area contributed by atoms with Crippen LogP contribution in [0.25, 0.3) is 0 Å². The summed E-state index contributed by atoms with van der Waals surface area (Å²) in [4.78, 5) is 3.84. The summed E-state index contributed by atoms with van der Waals surface area (Å²) in [6.45, 7) is 0.490. The van der Waals surface area contributed by atoms with E-state index in [-0.39, 0.29) is 0 Å². The first kappa shape index (κ1) is 13.9. The second-order valence-electron chi connectivity index (χ2n) is 3.72. The van der Waals surface area contributed by atoms with E-state index in [1.54, 1.807) is 0 Å². The summed E-state index contributed by atoms with van der Waals surface area (Å²) in [5, 5.41) is 6.62. The summed E-state index contributed by atoms with van der Waals surface area (Å²) in [7, 11) is 0. The first-order valence-corrected chi connectivity index (χ1v) is 6.12. The van der Waals surface area contributed by atoms with Crippen LogP contribution in [0.15, 0.2) is 33.6 Å². The predicted octanol–water partition coefficient (Wildman–Crippen LogP) is 3.51. The Hall–Kier alpha value is -1.57. The first-order chi connectivity index (χ1) is 8.97. The SMILES string of the molecule is FC(F)(F)c1ccc(NCCc2ncon2)c(Br)c1. The molecular weight excluding hydrogens is 327 g/mol. The van der Waals surface area contributed by atoms with Gasteiger partial charge in [0.25, 0.3) is 0 Å². The van der Waals surface area contributed by atoms with Gasteiger partial charge in [0, 0.05) is 23.1 Å². The van der Waals surface area contributed by atoms with Crippen LogP contribution in [0.3, 0.4) is 0 Å². The lowest BCUT2D eigenvalue weighted by atomic mass is 10.2. The van der Waals surface area contributed by atoms with E-state index in [1.807, 2.05) is 0 Å². The molecule has 0 fully saturated rings. The normalized spacial score (nSPS) is 11.6. The zero-order valence-corrected chi connectivity index (χ0v) is 11.1. The van der Waals surface area contributed by atoms with E-state index in [1.165, 1.54) is 12.5 Å². The van der Waals surface area contributed by atoms with Gasteiger partial charge in [-0.05, 0) is 34.1 Å². The average molecular weight is 336 g/mol. The molecule has 0 aliphatic carbocycles. The molecule has 8 heteroatoms. The highest BCUT2D eigenvalue weighted by Gasteiger charge is 2.30. The molecule has 0 amide bonds. The Bertz CT molecular complexity index is 543. The van der Waals surface area contributed by atoms with E-state index in [0.29, 0.717) is 29.0 Å². The van der Waals surface area contributed by atoms with Gasteiger partial charge in [-0.3, -0.25) is 0 Å². The molecule has 2 aromatic rings. The van der Waals surface area contributed by atoms with Gasteiger partial charge in [-0.25, -0.2) is 0 Å². The number of hydrogen-bond acceptors (Lipinski definition) is 4. The first-order valence-electron chi connectivity index (χ1n) is 5.32. The number of nitrogens with one attached hydrogen (secondary N) is 1. The minimum Gasteiger partial charge on any atom is -0.384 e. The molecule has 102 valence electrons. The molecule has 1 heterocycles. The number of rotatable bonds is 4. The molecule has 0 unspecified atom stereocenters. The molecule has 1 aromatic carbocycles. The number of benzene rings is 1. The topological polar surface area (TPSA) is 51.0 Å². The third-order valence-electron chi connectivity index (χ3n) is 2.37. The summed E-state index contributed by atoms with van der Waals surface area (Å²) in [5.41, 5.74) is -0.111. The van der Waals surface area contributed by atoms with Crippen molar-refractivity contribution in [2.75, 3.05) is 11.9 Å². The number of hydrogen-bond donors (Lipinski definition) is 1. The maximum atomic E-state index is 12.5. The molecule has 0 radical (unpaired) electrons. The van der Waals surface area contributed by atoms with Crippen LogP contribution >= 0.6 is 15.9 Å². The number of anilines is 1. The molecule has 1 N–H and O–H groups in total. The van der Waals surface area contributed by atoms with Crippen LogP contribution in [-0.2, 0) is 12.6 Å². The van der Waals surface area contributed by atoms with Crippen LogP contribution in [0.1, 0.15) is 11.4 Å². The van der Waals surface area contributed by atoms with Crippen molar-refractivity contribution in [2.45, 2.75) is 12.6 Å². The van der Waals surface area contributed by atoms with Gasteiger partial charge in [0.05, 0.1) is 5.56 Å². The Labute approximate surface area is 115 Å². The molecule has 2 rings (SSSR count). The van der Waals surface area contributed by atoms with E-state index < -0.39 is 11.7 Å². The molecule has 19 heavy (non-hydrogen) atoms. The molecule has 0 spiro atoms. The summed E-state index contributed by atoms with van der Waals surface area (Å²) in [5.74, 6) is 0.538. The van der Waals surface area contributed by atoms with Crippen LogP contribution in [0.4, 0.5) is 18.9 Å². The molecule has 0 saturated carbocycles. The van der Waals surface area contributed by atoms with Crippen molar-refractivity contribution < 1.29 is 17.7 Å². The highest BCUT2D eigenvalue weighted by molar-refractivity contribution is 9.10. The van der Waals surface area contributed by atoms with Crippen LogP contribution < -0.4 is 5.32 Å². The maximum absolute atomic E-state index is 12.5. The molecule has 0 aliphatic rings. The smallest absolute Gasteiger partial charge is 0.384 e. The standard InChI is InChI=1S/C11H9BrF3N3O/c12-8-5-7(11(13,14)15)1-2-9(8)16-4-3-10-17-6-19-18-10/h1-2,5-6,16H,3-4H2. The number of aromatic nitrogens is 2. The van der Waals surface area contributed by atoms with Crippen molar-refractivity contribution in [3.63, 3.8) is 0 Å². The van der Waals surface area contributed by atoms with Gasteiger partial charge >= 0.3 is 6.18 Å². The second-order valence-corrected chi connectivity index (χ2v) is 4.57. The van der Waals surface area contributed by atoms with Crippen LogP contribution in [0, 0.1) is 0 Å². The Balaban J connectivity index is 1.97. The van der Waals surface area contributed by atoms with Gasteiger partial charge in [-0.1, -0.05) is 5.16 Å². The van der Waals surface area contributed by atoms with E-state index >= 15 is 0 Å². The third-order valence-corrected chi connectivity index (χ3v) is 3.02. The van der Waals surface area contributed by atoms with E-state index in [4.69, 9.17) is 0 Å². The number of alkyl halides is 3. The fraction of sp³-hybridized carbons (Fsp3) is 0.273. The van der Waals surface area contributed by atoms with Gasteiger partial charge in [-0.2, -0.15) is 18.2 Å². The molecule has 0 atom stereocenters. The fourth-order valence-electron chi connectivity index (χ4n) is 1.45. The van der Waals surface area contributed by atoms with Crippen molar-refractivity contribution in [1.29, 1.82) is 0 Å². The lowest BCUT2D eigenvalue weighted by Gasteiger charge is -2.11. The van der Waals surface area contributed by atoms with Crippen molar-refractivity contribution in [3.8, 4) is 0 Å². The molecule has 1 aromatic heterocycles. The maximum Gasteiger partial charge on any atom is 0.416 e. The fourth-order valence-corrected chi connectivity index (χ4v) is 1.97. The predicted molar refractivity (Wildman–Crippen MR) is 65.6 cm³/mol. The Morgan fingerprint density at radius 2 is 2.11 bits per heavy atom. The molecule has 0 saturated heterocycles. The summed E-state index contributed by atoms with van der Waals surface area (Å²) in [6.07, 6.45) is -2.60. The summed E-state index contributed by atoms with van der Waals surface area (Å²) < 4.78 is 42.3. The van der Waals surface area contributed by atoms with Crippen molar-refractivity contribution in [2.24, 2.45) is 0 Å². The van der Waals surface area contributed by atoms with Crippen LogP contribution in [0.2, 0.25) is 0 Å². The molecule has 0 bridgehead atoms. The largest absolute Gasteiger partial charge is 0.416 e. The summed E-state index contributed by atoms with van der Waals surface area (Å²) >= 11 is 3.11. The highest BCUT2D eigenvalue weighted by atomic mass is 79.9. The number of halogens is 4. The van der Waals surface area contributed by atoms with E-state index in [2.05, 4.69) is 35.9 Å². The van der Waals surface area contributed by atoms with Crippen molar-refractivity contribution >= 4 is 21.6 Å². The van der Waals surface area contributed by atoms with Crippen LogP contribution in [-0.4, -0.2) is 16.7 Å². The van der Waals surface area contributed by atoms with E-state index in [9.17, 15) is 13.2 Å². The minimum absolute atomic E-state index is 0.357. The molecular formula is C11H9BrF3N3O.